The van der Waals surface area contributed by atoms with Gasteiger partial charge in [-0.2, -0.15) is 0 Å². The van der Waals surface area contributed by atoms with E-state index in [9.17, 15) is 0 Å². The van der Waals surface area contributed by atoms with Crippen LogP contribution < -0.4 is 0 Å². The van der Waals surface area contributed by atoms with Gasteiger partial charge in [0, 0.05) is 0 Å². The van der Waals surface area contributed by atoms with E-state index < -0.39 is 0 Å². The van der Waals surface area contributed by atoms with Gasteiger partial charge in [-0.05, 0) is 93.3 Å². The average Bonchev–Trinajstić information content (AvgIpc) is 3.65. The molecule has 2 saturated heterocycles. The van der Waals surface area contributed by atoms with Crippen LogP contribution in [-0.4, -0.2) is 50.8 Å². The van der Waals surface area contributed by atoms with Gasteiger partial charge in [-0.1, -0.05) is 13.8 Å². The zero-order chi connectivity index (χ0) is 19.8. The molecule has 0 spiro atoms. The highest BCUT2D eigenvalue weighted by molar-refractivity contribution is 4.91. The summed E-state index contributed by atoms with van der Waals surface area (Å²) in [5.74, 6) is 5.28. The van der Waals surface area contributed by atoms with Gasteiger partial charge in [0.1, 0.15) is 12.2 Å². The fourth-order valence-electron chi connectivity index (χ4n) is 6.87. The molecule has 2 aliphatic heterocycles. The third kappa shape index (κ3) is 5.37. The molecule has 4 nitrogen and oxygen atoms in total. The van der Waals surface area contributed by atoms with Crippen LogP contribution in [0.1, 0.15) is 71.6 Å². The van der Waals surface area contributed by atoms with Gasteiger partial charge < -0.3 is 18.9 Å². The van der Waals surface area contributed by atoms with Crippen LogP contribution in [0.2, 0.25) is 0 Å². The maximum absolute atomic E-state index is 6.16. The Bertz CT molecular complexity index is 485. The standard InChI is InChI=1S/C25H42O4/c1-16-9-18(5-7-24(16)28-14-22-12-26-22)20-3-4-21(11-20)19-6-8-25(17(2)10-19)29-15-23-13-27-23/h16-25H,3-15H2,1-2H3. The monoisotopic (exact) mass is 406 g/mol. The lowest BCUT2D eigenvalue weighted by Crippen LogP contribution is -2.34. The molecule has 10 atom stereocenters. The molecular formula is C25H42O4. The Labute approximate surface area is 177 Å². The van der Waals surface area contributed by atoms with Gasteiger partial charge in [-0.3, -0.25) is 0 Å². The normalized spacial score (nSPS) is 49.9. The maximum atomic E-state index is 6.16. The highest BCUT2D eigenvalue weighted by atomic mass is 16.6. The Morgan fingerprint density at radius 2 is 0.966 bits per heavy atom. The first kappa shape index (κ1) is 20.7. The molecule has 3 aliphatic carbocycles. The minimum atomic E-state index is 0.403. The molecule has 0 aromatic rings. The first-order chi connectivity index (χ1) is 14.2. The molecule has 5 rings (SSSR count). The van der Waals surface area contributed by atoms with Crippen LogP contribution in [-0.2, 0) is 18.9 Å². The van der Waals surface area contributed by atoms with E-state index in [-0.39, 0.29) is 0 Å². The summed E-state index contributed by atoms with van der Waals surface area (Å²) in [5.41, 5.74) is 0. The van der Waals surface area contributed by atoms with Crippen molar-refractivity contribution in [2.45, 2.75) is 96.1 Å². The summed E-state index contributed by atoms with van der Waals surface area (Å²) in [5, 5.41) is 0. The van der Waals surface area contributed by atoms with Gasteiger partial charge in [0.2, 0.25) is 0 Å². The number of epoxide rings is 2. The fraction of sp³-hybridized carbons (Fsp3) is 1.00. The van der Waals surface area contributed by atoms with Crippen LogP contribution in [0.25, 0.3) is 0 Å². The zero-order valence-corrected chi connectivity index (χ0v) is 18.6. The van der Waals surface area contributed by atoms with Crippen LogP contribution in [0.3, 0.4) is 0 Å². The Morgan fingerprint density at radius 3 is 1.34 bits per heavy atom. The van der Waals surface area contributed by atoms with Crippen molar-refractivity contribution in [3.63, 3.8) is 0 Å². The first-order valence-electron chi connectivity index (χ1n) is 12.6. The second kappa shape index (κ2) is 9.14. The van der Waals surface area contributed by atoms with Gasteiger partial charge in [-0.25, -0.2) is 0 Å². The van der Waals surface area contributed by atoms with Crippen molar-refractivity contribution in [3.8, 4) is 0 Å². The van der Waals surface area contributed by atoms with Gasteiger partial charge in [0.05, 0.1) is 38.6 Å². The third-order valence-corrected chi connectivity index (χ3v) is 8.91. The molecule has 5 aliphatic rings. The molecule has 166 valence electrons. The van der Waals surface area contributed by atoms with Crippen LogP contribution >= 0.6 is 0 Å². The Balaban J connectivity index is 1.05. The molecule has 29 heavy (non-hydrogen) atoms. The van der Waals surface area contributed by atoms with Crippen molar-refractivity contribution in [1.82, 2.24) is 0 Å². The summed E-state index contributed by atoms with van der Waals surface area (Å²) in [6.07, 6.45) is 14.3. The summed E-state index contributed by atoms with van der Waals surface area (Å²) in [6, 6.07) is 0. The predicted molar refractivity (Wildman–Crippen MR) is 113 cm³/mol. The molecule has 0 amide bonds. The van der Waals surface area contributed by atoms with Crippen molar-refractivity contribution in [2.24, 2.45) is 35.5 Å². The van der Waals surface area contributed by atoms with E-state index in [1.54, 1.807) is 0 Å². The highest BCUT2D eigenvalue weighted by Crippen LogP contribution is 2.49. The lowest BCUT2D eigenvalue weighted by molar-refractivity contribution is -0.0328. The van der Waals surface area contributed by atoms with Crippen molar-refractivity contribution in [2.75, 3.05) is 26.4 Å². The minimum absolute atomic E-state index is 0.403. The largest absolute Gasteiger partial charge is 0.375 e. The topological polar surface area (TPSA) is 43.5 Å². The van der Waals surface area contributed by atoms with Crippen molar-refractivity contribution in [1.29, 1.82) is 0 Å². The summed E-state index contributed by atoms with van der Waals surface area (Å²) in [7, 11) is 0. The number of hydrogen-bond donors (Lipinski definition) is 0. The predicted octanol–water partition coefficient (Wildman–Crippen LogP) is 4.84. The van der Waals surface area contributed by atoms with Crippen molar-refractivity contribution < 1.29 is 18.9 Å². The van der Waals surface area contributed by atoms with Crippen LogP contribution in [0.4, 0.5) is 0 Å². The van der Waals surface area contributed by atoms with E-state index in [0.29, 0.717) is 24.4 Å². The number of rotatable bonds is 8. The number of ether oxygens (including phenoxy) is 4. The third-order valence-electron chi connectivity index (χ3n) is 8.91. The summed E-state index contributed by atoms with van der Waals surface area (Å²) in [4.78, 5) is 0. The quantitative estimate of drug-likeness (QED) is 0.541. The van der Waals surface area contributed by atoms with Crippen molar-refractivity contribution >= 4 is 0 Å². The molecule has 4 heteroatoms. The van der Waals surface area contributed by atoms with E-state index >= 15 is 0 Å². The molecule has 3 saturated carbocycles. The molecule has 2 heterocycles. The summed E-state index contributed by atoms with van der Waals surface area (Å²) < 4.78 is 22.9. The lowest BCUT2D eigenvalue weighted by Gasteiger charge is -2.38. The smallest absolute Gasteiger partial charge is 0.104 e. The fourth-order valence-corrected chi connectivity index (χ4v) is 6.87. The van der Waals surface area contributed by atoms with Gasteiger partial charge in [0.15, 0.2) is 0 Å². The van der Waals surface area contributed by atoms with E-state index in [4.69, 9.17) is 18.9 Å². The van der Waals surface area contributed by atoms with Crippen LogP contribution in [0.5, 0.6) is 0 Å². The highest BCUT2D eigenvalue weighted by Gasteiger charge is 2.41. The minimum Gasteiger partial charge on any atom is -0.375 e. The Kier molecular flexibility index (Phi) is 6.53. The zero-order valence-electron chi connectivity index (χ0n) is 18.6. The molecule has 0 aromatic heterocycles. The lowest BCUT2D eigenvalue weighted by atomic mass is 9.71. The molecule has 0 bridgehead atoms. The van der Waals surface area contributed by atoms with E-state index in [1.807, 2.05) is 0 Å². The second-order valence-corrected chi connectivity index (χ2v) is 11.1. The molecule has 0 radical (unpaired) electrons. The van der Waals surface area contributed by atoms with Crippen molar-refractivity contribution in [3.05, 3.63) is 0 Å². The molecule has 5 fully saturated rings. The van der Waals surface area contributed by atoms with Gasteiger partial charge in [-0.15, -0.1) is 0 Å². The second-order valence-electron chi connectivity index (χ2n) is 11.1. The van der Waals surface area contributed by atoms with Gasteiger partial charge >= 0.3 is 0 Å². The first-order valence-corrected chi connectivity index (χ1v) is 12.6. The van der Waals surface area contributed by atoms with E-state index in [0.717, 1.165) is 61.9 Å². The number of hydrogen-bond acceptors (Lipinski definition) is 4. The van der Waals surface area contributed by atoms with Crippen LogP contribution in [0, 0.1) is 35.5 Å². The average molecular weight is 407 g/mol. The van der Waals surface area contributed by atoms with Gasteiger partial charge in [0.25, 0.3) is 0 Å². The summed E-state index contributed by atoms with van der Waals surface area (Å²) >= 11 is 0. The maximum Gasteiger partial charge on any atom is 0.104 e. The Morgan fingerprint density at radius 1 is 0.586 bits per heavy atom. The summed E-state index contributed by atoms with van der Waals surface area (Å²) in [6.45, 7) is 8.32. The molecule has 0 aromatic carbocycles. The van der Waals surface area contributed by atoms with E-state index in [2.05, 4.69) is 13.8 Å². The SMILES string of the molecule is CC1CC(C2CCC(C3CCC(OCC4CO4)C(C)C3)C2)CCC1OCC1CO1. The Hall–Kier alpha value is -0.160. The van der Waals surface area contributed by atoms with E-state index in [1.165, 1.54) is 57.8 Å². The van der Waals surface area contributed by atoms with Crippen LogP contribution in [0.15, 0.2) is 0 Å². The molecule has 0 N–H and O–H groups in total. The molecular weight excluding hydrogens is 364 g/mol. The molecule has 10 unspecified atom stereocenters.